The Hall–Kier alpha value is -2.88. The van der Waals surface area contributed by atoms with Gasteiger partial charge in [-0.1, -0.05) is 0 Å². The van der Waals surface area contributed by atoms with Crippen LogP contribution in [0.2, 0.25) is 0 Å². The zero-order valence-corrected chi connectivity index (χ0v) is 14.3. The summed E-state index contributed by atoms with van der Waals surface area (Å²) >= 11 is 0. The Morgan fingerprint density at radius 1 is 0.962 bits per heavy atom. The molecule has 0 saturated carbocycles. The lowest BCUT2D eigenvalue weighted by Gasteiger charge is -2.38. The molecular formula is C19H18F3N3O. The van der Waals surface area contributed by atoms with Crippen molar-refractivity contribution >= 4 is 11.4 Å². The maximum atomic E-state index is 13.0. The summed E-state index contributed by atoms with van der Waals surface area (Å²) in [6.07, 6.45) is -4.42. The molecule has 0 bridgehead atoms. The maximum Gasteiger partial charge on any atom is 0.416 e. The lowest BCUT2D eigenvalue weighted by Crippen LogP contribution is -2.46. The molecule has 0 aromatic heterocycles. The summed E-state index contributed by atoms with van der Waals surface area (Å²) in [6, 6.07) is 12.9. The van der Waals surface area contributed by atoms with Crippen molar-refractivity contribution in [2.24, 2.45) is 0 Å². The first-order valence-corrected chi connectivity index (χ1v) is 8.17. The van der Waals surface area contributed by atoms with E-state index in [9.17, 15) is 18.4 Å². The largest absolute Gasteiger partial charge is 0.497 e. The molecule has 1 saturated heterocycles. The number of nitrogens with zero attached hydrogens (tertiary/aromatic N) is 3. The second-order valence-corrected chi connectivity index (χ2v) is 6.01. The highest BCUT2D eigenvalue weighted by molar-refractivity contribution is 5.62. The van der Waals surface area contributed by atoms with Crippen molar-refractivity contribution in [1.82, 2.24) is 0 Å². The number of alkyl halides is 3. The monoisotopic (exact) mass is 361 g/mol. The van der Waals surface area contributed by atoms with Gasteiger partial charge in [-0.3, -0.25) is 0 Å². The molecule has 1 aliphatic rings. The van der Waals surface area contributed by atoms with E-state index in [4.69, 9.17) is 4.74 Å². The highest BCUT2D eigenvalue weighted by Gasteiger charge is 2.32. The minimum atomic E-state index is -4.42. The number of anilines is 2. The first-order chi connectivity index (χ1) is 12.4. The topological polar surface area (TPSA) is 39.5 Å². The third kappa shape index (κ3) is 3.69. The lowest BCUT2D eigenvalue weighted by molar-refractivity contribution is -0.137. The van der Waals surface area contributed by atoms with Gasteiger partial charge >= 0.3 is 6.18 Å². The molecular weight excluding hydrogens is 343 g/mol. The SMILES string of the molecule is COc1ccc(N2CCN(c3cc(C(F)(F)F)ccc3C#N)CC2)cc1. The molecule has 3 rings (SSSR count). The van der Waals surface area contributed by atoms with E-state index in [-0.39, 0.29) is 5.56 Å². The van der Waals surface area contributed by atoms with Gasteiger partial charge in [0.1, 0.15) is 11.8 Å². The van der Waals surface area contributed by atoms with Gasteiger partial charge in [-0.2, -0.15) is 18.4 Å². The van der Waals surface area contributed by atoms with Crippen LogP contribution >= 0.6 is 0 Å². The van der Waals surface area contributed by atoms with Crippen molar-refractivity contribution in [2.45, 2.75) is 6.18 Å². The summed E-state index contributed by atoms with van der Waals surface area (Å²) in [5.74, 6) is 0.773. The van der Waals surface area contributed by atoms with Crippen LogP contribution in [0, 0.1) is 11.3 Å². The maximum absolute atomic E-state index is 13.0. The second-order valence-electron chi connectivity index (χ2n) is 6.01. The van der Waals surface area contributed by atoms with Gasteiger partial charge in [0, 0.05) is 31.9 Å². The summed E-state index contributed by atoms with van der Waals surface area (Å²) in [5, 5.41) is 9.24. The summed E-state index contributed by atoms with van der Waals surface area (Å²) in [4.78, 5) is 4.00. The number of methoxy groups -OCH3 is 1. The standard InChI is InChI=1S/C19H18F3N3O/c1-26-17-6-4-16(5-7-17)24-8-10-25(11-9-24)18-12-15(19(20,21)22)3-2-14(18)13-23/h2-7,12H,8-11H2,1H3. The molecule has 0 aliphatic carbocycles. The molecule has 1 heterocycles. The molecule has 0 amide bonds. The predicted molar refractivity (Wildman–Crippen MR) is 93.6 cm³/mol. The molecule has 2 aromatic carbocycles. The average Bonchev–Trinajstić information content (AvgIpc) is 2.67. The minimum Gasteiger partial charge on any atom is -0.497 e. The Balaban J connectivity index is 1.76. The molecule has 0 spiro atoms. The fourth-order valence-electron chi connectivity index (χ4n) is 3.06. The molecule has 136 valence electrons. The van der Waals surface area contributed by atoms with E-state index < -0.39 is 11.7 Å². The molecule has 7 heteroatoms. The van der Waals surface area contributed by atoms with E-state index in [0.29, 0.717) is 31.9 Å². The number of hydrogen-bond acceptors (Lipinski definition) is 4. The molecule has 0 atom stereocenters. The Morgan fingerprint density at radius 2 is 1.58 bits per heavy atom. The number of halogens is 3. The zero-order valence-electron chi connectivity index (χ0n) is 14.3. The second kappa shape index (κ2) is 7.16. The van der Waals surface area contributed by atoms with E-state index in [2.05, 4.69) is 4.90 Å². The third-order valence-electron chi connectivity index (χ3n) is 4.50. The van der Waals surface area contributed by atoms with Crippen LogP contribution in [0.1, 0.15) is 11.1 Å². The van der Waals surface area contributed by atoms with Crippen LogP contribution in [-0.4, -0.2) is 33.3 Å². The molecule has 4 nitrogen and oxygen atoms in total. The van der Waals surface area contributed by atoms with E-state index in [1.807, 2.05) is 35.2 Å². The van der Waals surface area contributed by atoms with E-state index in [1.165, 1.54) is 6.07 Å². The Kier molecular flexibility index (Phi) is 4.94. The number of rotatable bonds is 3. The van der Waals surface area contributed by atoms with E-state index in [1.54, 1.807) is 7.11 Å². The van der Waals surface area contributed by atoms with Crippen LogP contribution in [0.5, 0.6) is 5.75 Å². The summed E-state index contributed by atoms with van der Waals surface area (Å²) in [5.41, 5.74) is 0.909. The Bertz CT molecular complexity index is 804. The molecule has 2 aromatic rings. The van der Waals surface area contributed by atoms with Crippen LogP contribution in [0.25, 0.3) is 0 Å². The van der Waals surface area contributed by atoms with Crippen LogP contribution in [0.4, 0.5) is 24.5 Å². The Labute approximate surface area is 150 Å². The van der Waals surface area contributed by atoms with Crippen LogP contribution in [-0.2, 0) is 6.18 Å². The van der Waals surface area contributed by atoms with E-state index >= 15 is 0 Å². The van der Waals surface area contributed by atoms with Crippen molar-refractivity contribution in [3.05, 3.63) is 53.6 Å². The quantitative estimate of drug-likeness (QED) is 0.831. The molecule has 0 radical (unpaired) electrons. The van der Waals surface area contributed by atoms with Crippen molar-refractivity contribution in [3.8, 4) is 11.8 Å². The van der Waals surface area contributed by atoms with Gasteiger partial charge in [0.05, 0.1) is 23.9 Å². The molecule has 0 N–H and O–H groups in total. The van der Waals surface area contributed by atoms with Gasteiger partial charge in [-0.05, 0) is 42.5 Å². The third-order valence-corrected chi connectivity index (χ3v) is 4.50. The normalized spacial score (nSPS) is 14.9. The van der Waals surface area contributed by atoms with Gasteiger partial charge in [-0.15, -0.1) is 0 Å². The summed E-state index contributed by atoms with van der Waals surface area (Å²) in [6.45, 7) is 2.41. The summed E-state index contributed by atoms with van der Waals surface area (Å²) < 4.78 is 44.1. The summed E-state index contributed by atoms with van der Waals surface area (Å²) in [7, 11) is 1.61. The van der Waals surface area contributed by atoms with Gasteiger partial charge < -0.3 is 14.5 Å². The number of nitriles is 1. The van der Waals surface area contributed by atoms with Gasteiger partial charge in [0.15, 0.2) is 0 Å². The Morgan fingerprint density at radius 3 is 2.12 bits per heavy atom. The molecule has 1 fully saturated rings. The minimum absolute atomic E-state index is 0.260. The first kappa shape index (κ1) is 17.9. The van der Waals surface area contributed by atoms with Crippen molar-refractivity contribution in [2.75, 3.05) is 43.1 Å². The average molecular weight is 361 g/mol. The molecule has 1 aliphatic heterocycles. The number of piperazine rings is 1. The number of hydrogen-bond donors (Lipinski definition) is 0. The number of ether oxygens (including phenoxy) is 1. The van der Waals surface area contributed by atoms with Gasteiger partial charge in [-0.25, -0.2) is 0 Å². The molecule has 0 unspecified atom stereocenters. The van der Waals surface area contributed by atoms with Crippen LogP contribution in [0.3, 0.4) is 0 Å². The van der Waals surface area contributed by atoms with Crippen molar-refractivity contribution in [3.63, 3.8) is 0 Å². The van der Waals surface area contributed by atoms with Crippen molar-refractivity contribution in [1.29, 1.82) is 5.26 Å². The smallest absolute Gasteiger partial charge is 0.416 e. The highest BCUT2D eigenvalue weighted by atomic mass is 19.4. The van der Waals surface area contributed by atoms with Gasteiger partial charge in [0.2, 0.25) is 0 Å². The predicted octanol–water partition coefficient (Wildman–Crippen LogP) is 3.91. The lowest BCUT2D eigenvalue weighted by atomic mass is 10.1. The molecule has 26 heavy (non-hydrogen) atoms. The van der Waals surface area contributed by atoms with Gasteiger partial charge in [0.25, 0.3) is 0 Å². The number of benzene rings is 2. The van der Waals surface area contributed by atoms with Crippen LogP contribution in [0.15, 0.2) is 42.5 Å². The zero-order chi connectivity index (χ0) is 18.7. The van der Waals surface area contributed by atoms with Crippen LogP contribution < -0.4 is 14.5 Å². The first-order valence-electron chi connectivity index (χ1n) is 8.17. The highest BCUT2D eigenvalue weighted by Crippen LogP contribution is 2.34. The van der Waals surface area contributed by atoms with E-state index in [0.717, 1.165) is 23.6 Å². The fourth-order valence-corrected chi connectivity index (χ4v) is 3.06. The van der Waals surface area contributed by atoms with Crippen molar-refractivity contribution < 1.29 is 17.9 Å². The fraction of sp³-hybridized carbons (Fsp3) is 0.316.